The fourth-order valence-electron chi connectivity index (χ4n) is 3.09. The number of aliphatic hydroxyl groups is 1. The predicted molar refractivity (Wildman–Crippen MR) is 125 cm³/mol. The maximum absolute atomic E-state index is 13.2. The van der Waals surface area contributed by atoms with Gasteiger partial charge in [-0.2, -0.15) is 4.98 Å². The van der Waals surface area contributed by atoms with Gasteiger partial charge >= 0.3 is 6.09 Å². The van der Waals surface area contributed by atoms with Crippen LogP contribution in [0.25, 0.3) is 0 Å². The van der Waals surface area contributed by atoms with Gasteiger partial charge < -0.3 is 25.0 Å². The summed E-state index contributed by atoms with van der Waals surface area (Å²) in [7, 11) is 0. The quantitative estimate of drug-likeness (QED) is 0.310. The number of nitrogens with one attached hydrogen (secondary N) is 2. The highest BCUT2D eigenvalue weighted by molar-refractivity contribution is 7.98. The first-order valence-electron chi connectivity index (χ1n) is 11.0. The van der Waals surface area contributed by atoms with E-state index in [1.165, 1.54) is 11.8 Å². The molecule has 0 bridgehead atoms. The summed E-state index contributed by atoms with van der Waals surface area (Å²) >= 11 is 1.24. The summed E-state index contributed by atoms with van der Waals surface area (Å²) in [5, 5.41) is 20.7. The molecule has 0 spiro atoms. The molecule has 3 N–H and O–H groups in total. The topological polar surface area (TPSA) is 127 Å². The molecule has 0 aliphatic rings. The first-order chi connectivity index (χ1) is 15.6. The molecule has 0 aliphatic heterocycles. The molecule has 0 saturated heterocycles. The fourth-order valence-corrected chi connectivity index (χ4v) is 3.38. The van der Waals surface area contributed by atoms with E-state index in [2.05, 4.69) is 20.8 Å². The molecular formula is C23H34N4O5S. The van der Waals surface area contributed by atoms with Crippen LogP contribution < -0.4 is 10.6 Å². The molecule has 0 aliphatic carbocycles. The third-order valence-corrected chi connectivity index (χ3v) is 5.41. The lowest BCUT2D eigenvalue weighted by molar-refractivity contribution is -0.133. The molecule has 1 aromatic carbocycles. The SMILES string of the molecule is CSc1nc(C(O)(CCC(C)C)NC(=O)[C@H](CC(C)C)NC(=O)OCc2ccccc2)no1. The third kappa shape index (κ3) is 8.70. The van der Waals surface area contributed by atoms with E-state index in [4.69, 9.17) is 9.26 Å². The predicted octanol–water partition coefficient (Wildman–Crippen LogP) is 3.83. The van der Waals surface area contributed by atoms with Crippen molar-refractivity contribution in [3.8, 4) is 0 Å². The zero-order valence-corrected chi connectivity index (χ0v) is 20.6. The Bertz CT molecular complexity index is 890. The highest BCUT2D eigenvalue weighted by Gasteiger charge is 2.38. The van der Waals surface area contributed by atoms with Crippen LogP contribution in [0.3, 0.4) is 0 Å². The lowest BCUT2D eigenvalue weighted by atomic mass is 9.98. The Morgan fingerprint density at radius 2 is 1.88 bits per heavy atom. The number of ether oxygens (including phenoxy) is 1. The van der Waals surface area contributed by atoms with Gasteiger partial charge in [0.2, 0.25) is 17.5 Å². The Balaban J connectivity index is 2.12. The smallest absolute Gasteiger partial charge is 0.408 e. The van der Waals surface area contributed by atoms with Gasteiger partial charge in [-0.15, -0.1) is 0 Å². The fraction of sp³-hybridized carbons (Fsp3) is 0.565. The molecule has 33 heavy (non-hydrogen) atoms. The number of nitrogens with zero attached hydrogens (tertiary/aromatic N) is 2. The highest BCUT2D eigenvalue weighted by Crippen LogP contribution is 2.26. The number of carbonyl (C=O) groups excluding carboxylic acids is 2. The van der Waals surface area contributed by atoms with Crippen molar-refractivity contribution in [2.45, 2.75) is 70.6 Å². The van der Waals surface area contributed by atoms with Gasteiger partial charge in [-0.05, 0) is 36.5 Å². The summed E-state index contributed by atoms with van der Waals surface area (Å²) in [6.45, 7) is 7.98. The molecule has 0 fully saturated rings. The second kappa shape index (κ2) is 12.6. The van der Waals surface area contributed by atoms with Crippen molar-refractivity contribution in [3.63, 3.8) is 0 Å². The maximum atomic E-state index is 13.2. The monoisotopic (exact) mass is 478 g/mol. The van der Waals surface area contributed by atoms with Crippen molar-refractivity contribution in [2.24, 2.45) is 11.8 Å². The van der Waals surface area contributed by atoms with Gasteiger partial charge in [-0.25, -0.2) is 4.79 Å². The van der Waals surface area contributed by atoms with E-state index >= 15 is 0 Å². The number of amides is 2. The first kappa shape index (κ1) is 26.7. The summed E-state index contributed by atoms with van der Waals surface area (Å²) in [4.78, 5) is 29.7. The molecule has 2 atom stereocenters. The Hall–Kier alpha value is -2.59. The van der Waals surface area contributed by atoms with Crippen LogP contribution >= 0.6 is 11.8 Å². The zero-order valence-electron chi connectivity index (χ0n) is 19.8. The minimum atomic E-state index is -1.83. The molecule has 0 radical (unpaired) electrons. The van der Waals surface area contributed by atoms with Crippen molar-refractivity contribution in [1.82, 2.24) is 20.8 Å². The number of rotatable bonds is 12. The number of alkyl carbamates (subject to hydrolysis) is 1. The van der Waals surface area contributed by atoms with E-state index in [-0.39, 0.29) is 35.9 Å². The van der Waals surface area contributed by atoms with Crippen molar-refractivity contribution in [1.29, 1.82) is 0 Å². The minimum Gasteiger partial charge on any atom is -0.445 e. The van der Waals surface area contributed by atoms with Gasteiger partial charge in [-0.1, -0.05) is 74.9 Å². The molecule has 1 unspecified atom stereocenters. The van der Waals surface area contributed by atoms with Crippen molar-refractivity contribution in [3.05, 3.63) is 41.7 Å². The van der Waals surface area contributed by atoms with Crippen LogP contribution in [0.2, 0.25) is 0 Å². The summed E-state index contributed by atoms with van der Waals surface area (Å²) in [6, 6.07) is 8.35. The Morgan fingerprint density at radius 1 is 1.18 bits per heavy atom. The van der Waals surface area contributed by atoms with E-state index < -0.39 is 23.8 Å². The Kier molecular flexibility index (Phi) is 10.2. The van der Waals surface area contributed by atoms with E-state index in [9.17, 15) is 14.7 Å². The largest absolute Gasteiger partial charge is 0.445 e. The van der Waals surface area contributed by atoms with Gasteiger partial charge in [0.1, 0.15) is 12.6 Å². The highest BCUT2D eigenvalue weighted by atomic mass is 32.2. The Labute approximate surface area is 199 Å². The van der Waals surface area contributed by atoms with Crippen LogP contribution in [-0.4, -0.2) is 39.5 Å². The van der Waals surface area contributed by atoms with Crippen molar-refractivity contribution in [2.75, 3.05) is 6.26 Å². The van der Waals surface area contributed by atoms with E-state index in [0.29, 0.717) is 12.8 Å². The second-order valence-electron chi connectivity index (χ2n) is 8.76. The Morgan fingerprint density at radius 3 is 2.45 bits per heavy atom. The number of thioether (sulfide) groups is 1. The van der Waals surface area contributed by atoms with Gasteiger partial charge in [-0.3, -0.25) is 4.79 Å². The summed E-state index contributed by atoms with van der Waals surface area (Å²) in [5.41, 5.74) is -0.994. The average molecular weight is 479 g/mol. The van der Waals surface area contributed by atoms with Gasteiger partial charge in [0.15, 0.2) is 0 Å². The molecule has 2 aromatic rings. The van der Waals surface area contributed by atoms with Crippen LogP contribution in [0.4, 0.5) is 4.79 Å². The first-order valence-corrected chi connectivity index (χ1v) is 12.2. The second-order valence-corrected chi connectivity index (χ2v) is 9.52. The molecular weight excluding hydrogens is 444 g/mol. The minimum absolute atomic E-state index is 0.0178. The van der Waals surface area contributed by atoms with Crippen LogP contribution in [0.5, 0.6) is 0 Å². The summed E-state index contributed by atoms with van der Waals surface area (Å²) in [5.74, 6) is -0.192. The normalized spacial score (nSPS) is 14.1. The molecule has 2 amide bonds. The van der Waals surface area contributed by atoms with Gasteiger partial charge in [0.25, 0.3) is 5.22 Å². The van der Waals surface area contributed by atoms with Crippen LogP contribution in [0.15, 0.2) is 40.1 Å². The number of aromatic nitrogens is 2. The maximum Gasteiger partial charge on any atom is 0.408 e. The third-order valence-electron chi connectivity index (χ3n) is 4.89. The van der Waals surface area contributed by atoms with Gasteiger partial charge in [0, 0.05) is 6.42 Å². The molecule has 10 heteroatoms. The molecule has 9 nitrogen and oxygen atoms in total. The lowest BCUT2D eigenvalue weighted by Gasteiger charge is -2.29. The van der Waals surface area contributed by atoms with E-state index in [1.54, 1.807) is 6.26 Å². The number of hydrogen-bond donors (Lipinski definition) is 3. The molecule has 1 heterocycles. The van der Waals surface area contributed by atoms with Crippen molar-refractivity contribution >= 4 is 23.8 Å². The van der Waals surface area contributed by atoms with Crippen LogP contribution in [-0.2, 0) is 21.9 Å². The van der Waals surface area contributed by atoms with Gasteiger partial charge in [0.05, 0.1) is 0 Å². The number of benzene rings is 1. The zero-order chi connectivity index (χ0) is 24.4. The van der Waals surface area contributed by atoms with E-state index in [1.807, 2.05) is 58.0 Å². The summed E-state index contributed by atoms with van der Waals surface area (Å²) in [6.07, 6.45) is 2.22. The molecule has 1 aromatic heterocycles. The molecule has 182 valence electrons. The van der Waals surface area contributed by atoms with E-state index in [0.717, 1.165) is 5.56 Å². The number of hydrogen-bond acceptors (Lipinski definition) is 8. The molecule has 0 saturated carbocycles. The van der Waals surface area contributed by atoms with Crippen LogP contribution in [0.1, 0.15) is 58.3 Å². The summed E-state index contributed by atoms with van der Waals surface area (Å²) < 4.78 is 10.4. The van der Waals surface area contributed by atoms with Crippen molar-refractivity contribution < 1.29 is 24.0 Å². The number of carbonyl (C=O) groups is 2. The average Bonchev–Trinajstić information content (AvgIpc) is 3.26. The van der Waals surface area contributed by atoms with Crippen LogP contribution in [0, 0.1) is 11.8 Å². The lowest BCUT2D eigenvalue weighted by Crippen LogP contribution is -2.55. The standard InChI is InChI=1S/C23H34N4O5S/c1-15(2)11-12-23(30,20-25-22(33-5)32-27-20)26-19(28)18(13-16(3)4)24-21(29)31-14-17-9-7-6-8-10-17/h6-10,15-16,18,30H,11-14H2,1-5H3,(H,24,29)(H,26,28)/t18-,23?/m0/s1. The molecule has 2 rings (SSSR count).